The number of nitrogens with zero attached hydrogens (tertiary/aromatic N) is 15. The second-order valence-corrected chi connectivity index (χ2v) is 17.7. The van der Waals surface area contributed by atoms with Gasteiger partial charge in [-0.15, -0.1) is 20.4 Å². The van der Waals surface area contributed by atoms with Crippen LogP contribution in [0.1, 0.15) is 88.9 Å². The molecular weight excluding hydrogens is 964 g/mol. The van der Waals surface area contributed by atoms with Crippen LogP contribution in [0.5, 0.6) is 0 Å². The summed E-state index contributed by atoms with van der Waals surface area (Å²) in [6.45, 7) is 3.96. The van der Waals surface area contributed by atoms with Crippen LogP contribution in [0.3, 0.4) is 0 Å². The van der Waals surface area contributed by atoms with Crippen LogP contribution in [-0.4, -0.2) is 92.9 Å². The Hall–Kier alpha value is -7.37. The van der Waals surface area contributed by atoms with E-state index in [1.54, 1.807) is 52.8 Å². The number of fused-ring (bicyclic) bond motifs is 6. The Morgan fingerprint density at radius 3 is 1.72 bits per heavy atom. The van der Waals surface area contributed by atoms with Gasteiger partial charge in [0, 0.05) is 73.7 Å². The van der Waals surface area contributed by atoms with E-state index >= 15 is 0 Å². The maximum absolute atomic E-state index is 14.2. The third-order valence-electron chi connectivity index (χ3n) is 12.9. The molecule has 0 spiro atoms. The second-order valence-electron chi connectivity index (χ2n) is 17.3. The van der Waals surface area contributed by atoms with E-state index in [0.29, 0.717) is 77.3 Å². The van der Waals surface area contributed by atoms with Gasteiger partial charge in [-0.2, -0.15) is 9.97 Å². The summed E-state index contributed by atoms with van der Waals surface area (Å²) in [4.78, 5) is 32.4. The van der Waals surface area contributed by atoms with E-state index in [1.807, 2.05) is 28.2 Å². The SMILES string of the molecule is CC[C@@H]1c2nncn2-c2cnc(-n3ccnc3-c3ccc(F)c(F)c3)nc2N1C1CCC(F)(F)C1.CC[C@@H]1c2nncn2-c2cnc(Cl)nc2N1C1CCC(F)(F)C1.Fc1ccc(-c2ncc[nH]2)cc1F. The van der Waals surface area contributed by atoms with Crippen molar-refractivity contribution in [2.45, 2.75) is 101 Å². The maximum atomic E-state index is 14.2. The van der Waals surface area contributed by atoms with E-state index in [0.717, 1.165) is 30.1 Å². The van der Waals surface area contributed by atoms with Gasteiger partial charge in [0.05, 0.1) is 24.5 Å². The van der Waals surface area contributed by atoms with E-state index in [1.165, 1.54) is 18.3 Å². The average Bonchev–Trinajstić information content (AvgIpc) is 4.22. The lowest BCUT2D eigenvalue weighted by atomic mass is 10.0. The normalized spacial score (nSPS) is 20.3. The smallest absolute Gasteiger partial charge is 0.250 e. The fourth-order valence-electron chi connectivity index (χ4n) is 9.72. The number of hydrogen-bond donors (Lipinski definition) is 1. The van der Waals surface area contributed by atoms with Gasteiger partial charge in [0.25, 0.3) is 0 Å². The van der Waals surface area contributed by atoms with E-state index < -0.39 is 41.2 Å². The Kier molecular flexibility index (Phi) is 12.5. The number of hydrogen-bond acceptors (Lipinski definition) is 12. The third kappa shape index (κ3) is 9.04. The number of nitrogens with one attached hydrogen (secondary N) is 1. The number of H-pyrrole nitrogens is 1. The lowest BCUT2D eigenvalue weighted by Crippen LogP contribution is -2.42. The lowest BCUT2D eigenvalue weighted by Gasteiger charge is -2.40. The predicted molar refractivity (Wildman–Crippen MR) is 242 cm³/mol. The molecule has 0 saturated heterocycles. The highest BCUT2D eigenvalue weighted by Gasteiger charge is 2.48. The molecule has 12 rings (SSSR count). The molecule has 71 heavy (non-hydrogen) atoms. The van der Waals surface area contributed by atoms with Crippen LogP contribution in [-0.2, 0) is 0 Å². The molecule has 2 saturated carbocycles. The summed E-state index contributed by atoms with van der Waals surface area (Å²) in [7, 11) is 0. The second kappa shape index (κ2) is 18.8. The Balaban J connectivity index is 0.000000138. The van der Waals surface area contributed by atoms with Gasteiger partial charge >= 0.3 is 0 Å². The monoisotopic (exact) mass is 1000 g/mol. The number of imidazole rings is 2. The molecule has 2 unspecified atom stereocenters. The molecule has 1 N–H and O–H groups in total. The number of halogens is 9. The molecular formula is C46H41ClF8N16. The summed E-state index contributed by atoms with van der Waals surface area (Å²) < 4.78 is 114. The van der Waals surface area contributed by atoms with Gasteiger partial charge < -0.3 is 14.8 Å². The summed E-state index contributed by atoms with van der Waals surface area (Å²) in [5.74, 6) is -5.55. The van der Waals surface area contributed by atoms with Crippen molar-refractivity contribution in [2.24, 2.45) is 0 Å². The van der Waals surface area contributed by atoms with Crippen molar-refractivity contribution in [3.8, 4) is 40.1 Å². The van der Waals surface area contributed by atoms with Gasteiger partial charge in [-0.3, -0.25) is 13.7 Å². The molecule has 2 aliphatic carbocycles. The Morgan fingerprint density at radius 1 is 0.648 bits per heavy atom. The minimum atomic E-state index is -2.74. The highest BCUT2D eigenvalue weighted by atomic mass is 35.5. The van der Waals surface area contributed by atoms with Gasteiger partial charge in [0.15, 0.2) is 46.6 Å². The standard InChI is InChI=1S/C23H20F4N8.C14H15ClF2N6.C9H6F2N2/c1-2-17-21-32-30-12-34(21)18-11-29-22(31-20(18)35(17)14-5-6-23(26,27)10-14)33-8-7-28-19(33)13-3-4-15(24)16(25)9-13;1-2-9-12-21-19-7-22(12)10-6-18-13(15)20-11(10)23(9)8-3-4-14(16,17)5-8;10-7-2-1-6(5-8(7)11)9-12-3-4-13-9/h3-4,7-9,11-12,14,17H,2,5-6,10H2,1H3;6-9H,2-5H2,1H3;1-5H,(H,12,13)/t14?,17-;8?,9-;/m11./s1. The van der Waals surface area contributed by atoms with Crippen molar-refractivity contribution < 1.29 is 35.1 Å². The number of anilines is 2. The first kappa shape index (κ1) is 47.3. The fraction of sp³-hybridized carbons (Fsp3) is 0.348. The maximum Gasteiger partial charge on any atom is 0.250 e. The number of rotatable bonds is 7. The molecule has 8 aromatic rings. The molecule has 0 bridgehead atoms. The zero-order chi connectivity index (χ0) is 49.8. The van der Waals surface area contributed by atoms with Crippen molar-refractivity contribution in [1.82, 2.24) is 69.0 Å². The van der Waals surface area contributed by atoms with Crippen molar-refractivity contribution in [3.05, 3.63) is 126 Å². The quantitative estimate of drug-likeness (QED) is 0.119. The van der Waals surface area contributed by atoms with Crippen molar-refractivity contribution in [3.63, 3.8) is 0 Å². The first-order valence-electron chi connectivity index (χ1n) is 22.6. The van der Waals surface area contributed by atoms with Crippen molar-refractivity contribution in [1.29, 1.82) is 0 Å². The average molecular weight is 1010 g/mol. The van der Waals surface area contributed by atoms with Gasteiger partial charge in [-0.25, -0.2) is 55.1 Å². The molecule has 0 amide bonds. The van der Waals surface area contributed by atoms with Gasteiger partial charge in [-0.1, -0.05) is 13.8 Å². The fourth-order valence-corrected chi connectivity index (χ4v) is 9.85. The van der Waals surface area contributed by atoms with Crippen LogP contribution >= 0.6 is 11.6 Å². The van der Waals surface area contributed by atoms with E-state index in [2.05, 4.69) is 50.3 Å². The van der Waals surface area contributed by atoms with Crippen LogP contribution in [0, 0.1) is 23.3 Å². The predicted octanol–water partition coefficient (Wildman–Crippen LogP) is 10.2. The molecule has 25 heteroatoms. The number of aromatic amines is 1. The Morgan fingerprint density at radius 2 is 1.20 bits per heavy atom. The molecule has 16 nitrogen and oxygen atoms in total. The lowest BCUT2D eigenvalue weighted by molar-refractivity contribution is 0.00675. The van der Waals surface area contributed by atoms with Crippen LogP contribution in [0.4, 0.5) is 46.8 Å². The van der Waals surface area contributed by atoms with Crippen LogP contribution in [0.25, 0.3) is 40.1 Å². The molecule has 4 atom stereocenters. The molecule has 368 valence electrons. The molecule has 2 fully saturated rings. The number of alkyl halides is 4. The van der Waals surface area contributed by atoms with Crippen LogP contribution < -0.4 is 9.80 Å². The van der Waals surface area contributed by atoms with Gasteiger partial charge in [-0.05, 0) is 73.7 Å². The summed E-state index contributed by atoms with van der Waals surface area (Å²) in [5, 5.41) is 16.5. The molecule has 2 aromatic carbocycles. The molecule has 0 radical (unpaired) electrons. The Labute approximate surface area is 403 Å². The highest BCUT2D eigenvalue weighted by molar-refractivity contribution is 6.28. The Bertz CT molecular complexity index is 3200. The van der Waals surface area contributed by atoms with E-state index in [9.17, 15) is 35.1 Å². The summed E-state index contributed by atoms with van der Waals surface area (Å²) in [5.41, 5.74) is 2.14. The summed E-state index contributed by atoms with van der Waals surface area (Å²) >= 11 is 5.96. The minimum Gasteiger partial charge on any atom is -0.345 e. The minimum absolute atomic E-state index is 0.102. The zero-order valence-electron chi connectivity index (χ0n) is 37.7. The first-order chi connectivity index (χ1) is 34.1. The zero-order valence-corrected chi connectivity index (χ0v) is 38.4. The van der Waals surface area contributed by atoms with Crippen LogP contribution in [0.2, 0.25) is 5.28 Å². The van der Waals surface area contributed by atoms with Crippen molar-refractivity contribution >= 4 is 23.2 Å². The summed E-state index contributed by atoms with van der Waals surface area (Å²) in [6, 6.07) is 5.96. The molecule has 2 aliphatic heterocycles. The van der Waals surface area contributed by atoms with E-state index in [-0.39, 0.29) is 55.0 Å². The van der Waals surface area contributed by atoms with Crippen molar-refractivity contribution in [2.75, 3.05) is 9.80 Å². The largest absolute Gasteiger partial charge is 0.345 e. The molecule has 6 aromatic heterocycles. The van der Waals surface area contributed by atoms with Gasteiger partial charge in [0.1, 0.15) is 35.7 Å². The number of aromatic nitrogens is 14. The topological polar surface area (TPSA) is 166 Å². The summed E-state index contributed by atoms with van der Waals surface area (Å²) in [6.07, 6.45) is 13.9. The molecule has 8 heterocycles. The third-order valence-corrected chi connectivity index (χ3v) is 13.1. The highest BCUT2D eigenvalue weighted by Crippen LogP contribution is 2.48. The number of benzene rings is 2. The van der Waals surface area contributed by atoms with Crippen LogP contribution in [0.15, 0.2) is 86.2 Å². The van der Waals surface area contributed by atoms with Gasteiger partial charge in [0.2, 0.25) is 23.1 Å². The van der Waals surface area contributed by atoms with E-state index in [4.69, 9.17) is 16.6 Å². The first-order valence-corrected chi connectivity index (χ1v) is 23.0. The molecule has 4 aliphatic rings.